The van der Waals surface area contributed by atoms with E-state index in [1.165, 1.54) is 18.1 Å². The van der Waals surface area contributed by atoms with Crippen molar-refractivity contribution in [3.05, 3.63) is 47.5 Å². The largest absolute Gasteiger partial charge is 0.465 e. The van der Waals surface area contributed by atoms with E-state index in [1.807, 2.05) is 18.2 Å². The Kier molecular flexibility index (Phi) is 3.66. The van der Waals surface area contributed by atoms with Crippen LogP contribution in [0.5, 0.6) is 0 Å². The Balaban J connectivity index is 2.39. The van der Waals surface area contributed by atoms with Gasteiger partial charge in [0, 0.05) is 0 Å². The Morgan fingerprint density at radius 1 is 1.11 bits per heavy atom. The van der Waals surface area contributed by atoms with Gasteiger partial charge in [0.15, 0.2) is 0 Å². The van der Waals surface area contributed by atoms with Gasteiger partial charge in [0.1, 0.15) is 0 Å². The van der Waals surface area contributed by atoms with Crippen LogP contribution in [0.2, 0.25) is 0 Å². The van der Waals surface area contributed by atoms with Crippen LogP contribution in [0.25, 0.3) is 10.8 Å². The molecule has 2 aromatic carbocycles. The molecule has 0 atom stereocenters. The summed E-state index contributed by atoms with van der Waals surface area (Å²) in [7, 11) is 1.40. The van der Waals surface area contributed by atoms with E-state index < -0.39 is 0 Å². The third kappa shape index (κ3) is 2.70. The molecule has 2 heteroatoms. The zero-order valence-electron chi connectivity index (χ0n) is 11.1. The lowest BCUT2D eigenvalue weighted by Crippen LogP contribution is -2.00. The molecule has 0 unspecified atom stereocenters. The van der Waals surface area contributed by atoms with Crippen molar-refractivity contribution in [3.63, 3.8) is 0 Å². The van der Waals surface area contributed by atoms with E-state index in [1.54, 1.807) is 0 Å². The van der Waals surface area contributed by atoms with Crippen molar-refractivity contribution in [2.75, 3.05) is 7.11 Å². The zero-order valence-corrected chi connectivity index (χ0v) is 11.1. The summed E-state index contributed by atoms with van der Waals surface area (Å²) in [5.74, 6) is 0.361. The lowest BCUT2D eigenvalue weighted by molar-refractivity contribution is 0.0601. The number of carbonyl (C=O) groups excluding carboxylic acids is 1. The highest BCUT2D eigenvalue weighted by Crippen LogP contribution is 2.20. The van der Waals surface area contributed by atoms with E-state index in [4.69, 9.17) is 4.74 Å². The number of benzene rings is 2. The maximum Gasteiger partial charge on any atom is 0.337 e. The van der Waals surface area contributed by atoms with Gasteiger partial charge in [-0.2, -0.15) is 0 Å². The Hall–Kier alpha value is -1.83. The average Bonchev–Trinajstić information content (AvgIpc) is 2.36. The molecule has 0 aromatic heterocycles. The topological polar surface area (TPSA) is 26.3 Å². The van der Waals surface area contributed by atoms with Crippen LogP contribution >= 0.6 is 0 Å². The fraction of sp³-hybridized carbons (Fsp3) is 0.312. The molecule has 0 amide bonds. The minimum atomic E-state index is -0.289. The van der Waals surface area contributed by atoms with Crippen molar-refractivity contribution in [2.45, 2.75) is 20.3 Å². The van der Waals surface area contributed by atoms with E-state index >= 15 is 0 Å². The molecule has 2 rings (SSSR count). The van der Waals surface area contributed by atoms with Gasteiger partial charge in [-0.1, -0.05) is 38.1 Å². The maximum atomic E-state index is 11.4. The van der Waals surface area contributed by atoms with Crippen LogP contribution < -0.4 is 0 Å². The second-order valence-electron chi connectivity index (χ2n) is 4.99. The van der Waals surface area contributed by atoms with Crippen LogP contribution in [0.4, 0.5) is 0 Å². The zero-order chi connectivity index (χ0) is 13.1. The van der Waals surface area contributed by atoms with E-state index in [0.29, 0.717) is 11.5 Å². The van der Waals surface area contributed by atoms with Gasteiger partial charge in [0.2, 0.25) is 0 Å². The van der Waals surface area contributed by atoms with Gasteiger partial charge in [0.25, 0.3) is 0 Å². The van der Waals surface area contributed by atoms with Gasteiger partial charge in [-0.3, -0.25) is 0 Å². The minimum absolute atomic E-state index is 0.289. The number of methoxy groups -OCH3 is 1. The fourth-order valence-corrected chi connectivity index (χ4v) is 2.14. The molecular weight excluding hydrogens is 224 g/mol. The van der Waals surface area contributed by atoms with Crippen molar-refractivity contribution in [3.8, 4) is 0 Å². The normalized spacial score (nSPS) is 10.9. The summed E-state index contributed by atoms with van der Waals surface area (Å²) in [5, 5.41) is 2.24. The minimum Gasteiger partial charge on any atom is -0.465 e. The molecule has 0 fully saturated rings. The first-order valence-corrected chi connectivity index (χ1v) is 6.21. The quantitative estimate of drug-likeness (QED) is 0.765. The Morgan fingerprint density at radius 3 is 2.44 bits per heavy atom. The first-order chi connectivity index (χ1) is 8.60. The molecule has 0 radical (unpaired) electrons. The molecular formula is C16H18O2. The third-order valence-corrected chi connectivity index (χ3v) is 2.97. The van der Waals surface area contributed by atoms with Crippen LogP contribution in [-0.2, 0) is 11.2 Å². The summed E-state index contributed by atoms with van der Waals surface area (Å²) < 4.78 is 4.72. The first kappa shape index (κ1) is 12.6. The van der Waals surface area contributed by atoms with E-state index in [2.05, 4.69) is 32.0 Å². The Morgan fingerprint density at radius 2 is 1.78 bits per heavy atom. The maximum absolute atomic E-state index is 11.4. The molecule has 18 heavy (non-hydrogen) atoms. The third-order valence-electron chi connectivity index (χ3n) is 2.97. The Bertz CT molecular complexity index is 570. The summed E-state index contributed by atoms with van der Waals surface area (Å²) in [4.78, 5) is 11.4. The smallest absolute Gasteiger partial charge is 0.337 e. The van der Waals surface area contributed by atoms with Gasteiger partial charge in [-0.15, -0.1) is 0 Å². The molecule has 0 aliphatic carbocycles. The number of hydrogen-bond donors (Lipinski definition) is 0. The fourth-order valence-electron chi connectivity index (χ4n) is 2.14. The molecule has 0 N–H and O–H groups in total. The van der Waals surface area contributed by atoms with Crippen molar-refractivity contribution >= 4 is 16.7 Å². The highest BCUT2D eigenvalue weighted by atomic mass is 16.5. The summed E-state index contributed by atoms with van der Waals surface area (Å²) >= 11 is 0. The van der Waals surface area contributed by atoms with E-state index in [9.17, 15) is 4.79 Å². The summed E-state index contributed by atoms with van der Waals surface area (Å²) in [6.07, 6.45) is 1.08. The van der Waals surface area contributed by atoms with Crippen LogP contribution in [-0.4, -0.2) is 13.1 Å². The SMILES string of the molecule is COC(=O)c1ccc2cc(CC(C)C)ccc2c1. The molecule has 2 aromatic rings. The number of carbonyl (C=O) groups is 1. The average molecular weight is 242 g/mol. The first-order valence-electron chi connectivity index (χ1n) is 6.21. The molecule has 2 nitrogen and oxygen atoms in total. The monoisotopic (exact) mass is 242 g/mol. The standard InChI is InChI=1S/C16H18O2/c1-11(2)8-12-4-5-14-10-15(16(17)18-3)7-6-13(14)9-12/h4-7,9-11H,8H2,1-3H3. The lowest BCUT2D eigenvalue weighted by Gasteiger charge is -2.07. The van der Waals surface area contributed by atoms with Crippen molar-refractivity contribution < 1.29 is 9.53 Å². The van der Waals surface area contributed by atoms with Gasteiger partial charge in [-0.05, 0) is 40.8 Å². The van der Waals surface area contributed by atoms with Crippen molar-refractivity contribution in [1.82, 2.24) is 0 Å². The predicted octanol–water partition coefficient (Wildman–Crippen LogP) is 3.82. The van der Waals surface area contributed by atoms with Gasteiger partial charge in [0.05, 0.1) is 12.7 Å². The van der Waals surface area contributed by atoms with E-state index in [0.717, 1.165) is 11.8 Å². The van der Waals surface area contributed by atoms with E-state index in [-0.39, 0.29) is 5.97 Å². The summed E-state index contributed by atoms with van der Waals surface area (Å²) in [6.45, 7) is 4.43. The van der Waals surface area contributed by atoms with Gasteiger partial charge in [-0.25, -0.2) is 4.79 Å². The summed E-state index contributed by atoms with van der Waals surface area (Å²) in [6, 6.07) is 12.1. The van der Waals surface area contributed by atoms with Gasteiger partial charge < -0.3 is 4.74 Å². The van der Waals surface area contributed by atoms with Crippen LogP contribution in [0.15, 0.2) is 36.4 Å². The van der Waals surface area contributed by atoms with Crippen LogP contribution in [0, 0.1) is 5.92 Å². The van der Waals surface area contributed by atoms with Crippen LogP contribution in [0.3, 0.4) is 0 Å². The second-order valence-corrected chi connectivity index (χ2v) is 4.99. The molecule has 94 valence electrons. The van der Waals surface area contributed by atoms with Crippen LogP contribution in [0.1, 0.15) is 29.8 Å². The molecule has 0 saturated carbocycles. The van der Waals surface area contributed by atoms with Crippen molar-refractivity contribution in [2.24, 2.45) is 5.92 Å². The predicted molar refractivity (Wildman–Crippen MR) is 73.8 cm³/mol. The highest BCUT2D eigenvalue weighted by Gasteiger charge is 2.06. The lowest BCUT2D eigenvalue weighted by atomic mass is 9.99. The number of fused-ring (bicyclic) bond motifs is 1. The van der Waals surface area contributed by atoms with Gasteiger partial charge >= 0.3 is 5.97 Å². The number of rotatable bonds is 3. The molecule has 0 aliphatic rings. The summed E-state index contributed by atoms with van der Waals surface area (Å²) in [5.41, 5.74) is 1.94. The number of esters is 1. The highest BCUT2D eigenvalue weighted by molar-refractivity contribution is 5.95. The second kappa shape index (κ2) is 5.21. The molecule has 0 saturated heterocycles. The number of hydrogen-bond acceptors (Lipinski definition) is 2. The molecule has 0 spiro atoms. The molecule has 0 aliphatic heterocycles. The Labute approximate surface area is 108 Å². The molecule has 0 heterocycles. The number of ether oxygens (including phenoxy) is 1. The molecule has 0 bridgehead atoms. The van der Waals surface area contributed by atoms with Crippen molar-refractivity contribution in [1.29, 1.82) is 0 Å².